The van der Waals surface area contributed by atoms with E-state index in [1.165, 1.54) is 0 Å². The van der Waals surface area contributed by atoms with E-state index in [2.05, 4.69) is 30.3 Å². The van der Waals surface area contributed by atoms with Crippen molar-refractivity contribution in [3.8, 4) is 11.8 Å². The quantitative estimate of drug-likeness (QED) is 0.824. The lowest BCUT2D eigenvalue weighted by molar-refractivity contribution is 0.257. The van der Waals surface area contributed by atoms with Crippen molar-refractivity contribution >= 4 is 0 Å². The molecule has 0 saturated heterocycles. The fourth-order valence-electron chi connectivity index (χ4n) is 2.79. The molecular formula is C18H24N4O. The maximum atomic E-state index is 9.12. The number of aliphatic hydroxyl groups excluding tert-OH is 1. The molecule has 0 aliphatic heterocycles. The van der Waals surface area contributed by atoms with E-state index in [9.17, 15) is 0 Å². The molecule has 2 aromatic rings. The van der Waals surface area contributed by atoms with E-state index < -0.39 is 0 Å². The second-order valence-corrected chi connectivity index (χ2v) is 5.76. The van der Waals surface area contributed by atoms with Crippen molar-refractivity contribution in [2.75, 3.05) is 6.61 Å². The molecule has 2 atom stereocenters. The molecule has 0 aliphatic rings. The van der Waals surface area contributed by atoms with Crippen LogP contribution in [0.2, 0.25) is 0 Å². The zero-order chi connectivity index (χ0) is 16.8. The minimum Gasteiger partial charge on any atom is -0.396 e. The molecular weight excluding hydrogens is 288 g/mol. The van der Waals surface area contributed by atoms with Gasteiger partial charge in [-0.2, -0.15) is 10.4 Å². The Morgan fingerprint density at radius 1 is 1.35 bits per heavy atom. The maximum Gasteiger partial charge on any atom is 0.0991 e. The summed E-state index contributed by atoms with van der Waals surface area (Å²) in [6, 6.07) is 9.99. The highest BCUT2D eigenvalue weighted by molar-refractivity contribution is 5.40. The Bertz CT molecular complexity index is 669. The second kappa shape index (κ2) is 7.91. The molecule has 23 heavy (non-hydrogen) atoms. The Labute approximate surface area is 137 Å². The van der Waals surface area contributed by atoms with Crippen molar-refractivity contribution in [3.63, 3.8) is 0 Å². The molecule has 5 heteroatoms. The van der Waals surface area contributed by atoms with E-state index in [1.54, 1.807) is 12.1 Å². The SMILES string of the molecule is CCC(CCO)NC(C)c1cnn(-c2ccc(C#N)cc2)c1C. The van der Waals surface area contributed by atoms with Crippen molar-refractivity contribution in [2.45, 2.75) is 45.7 Å². The molecule has 0 radical (unpaired) electrons. The van der Waals surface area contributed by atoms with Gasteiger partial charge in [0, 0.05) is 29.9 Å². The normalized spacial score (nSPS) is 13.5. The topological polar surface area (TPSA) is 73.9 Å². The fourth-order valence-corrected chi connectivity index (χ4v) is 2.79. The number of nitrogens with zero attached hydrogens (tertiary/aromatic N) is 3. The van der Waals surface area contributed by atoms with Gasteiger partial charge in [-0.3, -0.25) is 0 Å². The van der Waals surface area contributed by atoms with Crippen LogP contribution < -0.4 is 5.32 Å². The van der Waals surface area contributed by atoms with Crippen molar-refractivity contribution in [3.05, 3.63) is 47.3 Å². The third-order valence-corrected chi connectivity index (χ3v) is 4.21. The maximum absolute atomic E-state index is 9.12. The Kier molecular flexibility index (Phi) is 5.91. The van der Waals surface area contributed by atoms with Gasteiger partial charge >= 0.3 is 0 Å². The first-order chi connectivity index (χ1) is 11.1. The predicted octanol–water partition coefficient (Wildman–Crippen LogP) is 2.86. The molecule has 2 N–H and O–H groups in total. The van der Waals surface area contributed by atoms with Crippen LogP contribution in [0.4, 0.5) is 0 Å². The predicted molar refractivity (Wildman–Crippen MR) is 90.3 cm³/mol. The van der Waals surface area contributed by atoms with Crippen LogP contribution in [-0.2, 0) is 0 Å². The van der Waals surface area contributed by atoms with E-state index in [0.717, 1.165) is 29.8 Å². The van der Waals surface area contributed by atoms with Crippen LogP contribution in [0.25, 0.3) is 5.69 Å². The highest BCUT2D eigenvalue weighted by atomic mass is 16.3. The number of nitrogens with one attached hydrogen (secondary N) is 1. The molecule has 2 rings (SSSR count). The van der Waals surface area contributed by atoms with Crippen LogP contribution in [0.5, 0.6) is 0 Å². The fraction of sp³-hybridized carbons (Fsp3) is 0.444. The monoisotopic (exact) mass is 312 g/mol. The smallest absolute Gasteiger partial charge is 0.0991 e. The lowest BCUT2D eigenvalue weighted by Crippen LogP contribution is -2.32. The van der Waals surface area contributed by atoms with E-state index in [0.29, 0.717) is 11.6 Å². The van der Waals surface area contributed by atoms with Crippen LogP contribution >= 0.6 is 0 Å². The van der Waals surface area contributed by atoms with Crippen molar-refractivity contribution in [1.82, 2.24) is 15.1 Å². The Morgan fingerprint density at radius 2 is 2.04 bits per heavy atom. The molecule has 0 spiro atoms. The molecule has 0 amide bonds. The van der Waals surface area contributed by atoms with Crippen molar-refractivity contribution in [1.29, 1.82) is 5.26 Å². The Hall–Kier alpha value is -2.16. The zero-order valence-electron chi connectivity index (χ0n) is 14.0. The lowest BCUT2D eigenvalue weighted by atomic mass is 10.1. The molecule has 0 saturated carbocycles. The van der Waals surface area contributed by atoms with Crippen LogP contribution in [0.15, 0.2) is 30.5 Å². The summed E-state index contributed by atoms with van der Waals surface area (Å²) in [4.78, 5) is 0. The van der Waals surface area contributed by atoms with Crippen LogP contribution in [0.1, 0.15) is 49.6 Å². The minimum atomic E-state index is 0.165. The molecule has 122 valence electrons. The number of aromatic nitrogens is 2. The summed E-state index contributed by atoms with van der Waals surface area (Å²) in [5.74, 6) is 0. The number of aliphatic hydroxyl groups is 1. The van der Waals surface area contributed by atoms with Crippen LogP contribution in [-0.4, -0.2) is 27.5 Å². The van der Waals surface area contributed by atoms with E-state index in [4.69, 9.17) is 10.4 Å². The number of rotatable bonds is 7. The van der Waals surface area contributed by atoms with Gasteiger partial charge in [0.2, 0.25) is 0 Å². The summed E-state index contributed by atoms with van der Waals surface area (Å²) in [6.45, 7) is 6.48. The van der Waals surface area contributed by atoms with E-state index in [1.807, 2.05) is 29.9 Å². The summed E-state index contributed by atoms with van der Waals surface area (Å²) in [5, 5.41) is 26.0. The Morgan fingerprint density at radius 3 is 2.61 bits per heavy atom. The standard InChI is InChI=1S/C18H24N4O/c1-4-16(9-10-23)21-13(2)18-12-20-22(14(18)3)17-7-5-15(11-19)6-8-17/h5-8,12-13,16,21,23H,4,9-10H2,1-3H3. The highest BCUT2D eigenvalue weighted by Crippen LogP contribution is 2.21. The zero-order valence-corrected chi connectivity index (χ0v) is 14.0. The molecule has 2 unspecified atom stereocenters. The van der Waals surface area contributed by atoms with E-state index in [-0.39, 0.29) is 12.6 Å². The molecule has 0 fully saturated rings. The summed E-state index contributed by atoms with van der Waals surface area (Å²) in [7, 11) is 0. The first-order valence-electron chi connectivity index (χ1n) is 8.02. The van der Waals surface area contributed by atoms with Gasteiger partial charge in [-0.25, -0.2) is 4.68 Å². The summed E-state index contributed by atoms with van der Waals surface area (Å²) >= 11 is 0. The third-order valence-electron chi connectivity index (χ3n) is 4.21. The van der Waals surface area contributed by atoms with Gasteiger partial charge in [0.25, 0.3) is 0 Å². The first kappa shape index (κ1) is 17.2. The van der Waals surface area contributed by atoms with Gasteiger partial charge < -0.3 is 10.4 Å². The van der Waals surface area contributed by atoms with Crippen molar-refractivity contribution in [2.24, 2.45) is 0 Å². The molecule has 0 aliphatic carbocycles. The second-order valence-electron chi connectivity index (χ2n) is 5.76. The van der Waals surface area contributed by atoms with Gasteiger partial charge in [0.1, 0.15) is 0 Å². The van der Waals surface area contributed by atoms with Crippen LogP contribution in [0, 0.1) is 18.3 Å². The van der Waals surface area contributed by atoms with Crippen molar-refractivity contribution < 1.29 is 5.11 Å². The molecule has 0 bridgehead atoms. The average molecular weight is 312 g/mol. The highest BCUT2D eigenvalue weighted by Gasteiger charge is 2.17. The number of nitriles is 1. The van der Waals surface area contributed by atoms with Gasteiger partial charge in [-0.1, -0.05) is 6.92 Å². The number of benzene rings is 1. The number of hydrogen-bond acceptors (Lipinski definition) is 4. The average Bonchev–Trinajstić information content (AvgIpc) is 2.96. The first-order valence-corrected chi connectivity index (χ1v) is 8.02. The van der Waals surface area contributed by atoms with Gasteiger partial charge in [0.15, 0.2) is 0 Å². The number of hydrogen-bond donors (Lipinski definition) is 2. The van der Waals surface area contributed by atoms with Gasteiger partial charge in [0.05, 0.1) is 23.5 Å². The van der Waals surface area contributed by atoms with Gasteiger partial charge in [-0.05, 0) is 51.0 Å². The summed E-state index contributed by atoms with van der Waals surface area (Å²) in [6.07, 6.45) is 3.62. The third kappa shape index (κ3) is 3.98. The molecule has 1 aromatic heterocycles. The lowest BCUT2D eigenvalue weighted by Gasteiger charge is -2.21. The largest absolute Gasteiger partial charge is 0.396 e. The van der Waals surface area contributed by atoms with E-state index >= 15 is 0 Å². The van der Waals surface area contributed by atoms with Gasteiger partial charge in [-0.15, -0.1) is 0 Å². The van der Waals surface area contributed by atoms with Crippen LogP contribution in [0.3, 0.4) is 0 Å². The minimum absolute atomic E-state index is 0.165. The summed E-state index contributed by atoms with van der Waals surface area (Å²) < 4.78 is 1.89. The molecule has 1 heterocycles. The Balaban J connectivity index is 2.19. The summed E-state index contributed by atoms with van der Waals surface area (Å²) in [5.41, 5.74) is 3.81. The molecule has 1 aromatic carbocycles. The molecule has 5 nitrogen and oxygen atoms in total.